The van der Waals surface area contributed by atoms with E-state index in [2.05, 4.69) is 4.72 Å². The fraction of sp³-hybridized carbons (Fsp3) is 0.174. The van der Waals surface area contributed by atoms with Crippen molar-refractivity contribution in [2.45, 2.75) is 23.1 Å². The fourth-order valence-electron chi connectivity index (χ4n) is 2.80. The lowest BCUT2D eigenvalue weighted by Crippen LogP contribution is -2.14. The van der Waals surface area contributed by atoms with Crippen LogP contribution >= 0.6 is 11.8 Å². The number of aryl methyl sites for hydroxylation is 1. The van der Waals surface area contributed by atoms with Crippen molar-refractivity contribution in [1.82, 2.24) is 0 Å². The van der Waals surface area contributed by atoms with Gasteiger partial charge >= 0.3 is 0 Å². The molecule has 0 heterocycles. The molecule has 0 spiro atoms. The molecule has 3 rings (SSSR count). The maximum atomic E-state index is 12.6. The van der Waals surface area contributed by atoms with E-state index in [0.29, 0.717) is 17.2 Å². The Kier molecular flexibility index (Phi) is 7.18. The van der Waals surface area contributed by atoms with Gasteiger partial charge in [-0.1, -0.05) is 42.0 Å². The van der Waals surface area contributed by atoms with E-state index in [0.717, 1.165) is 10.5 Å². The number of nitrogens with one attached hydrogen (secondary N) is 1. The third kappa shape index (κ3) is 5.87. The molecule has 0 saturated heterocycles. The highest BCUT2D eigenvalue weighted by atomic mass is 32.2. The number of ether oxygens (including phenoxy) is 1. The summed E-state index contributed by atoms with van der Waals surface area (Å²) in [5, 5.41) is 0. The average Bonchev–Trinajstić information content (AvgIpc) is 2.74. The minimum absolute atomic E-state index is 0.0864. The second-order valence-electron chi connectivity index (χ2n) is 6.77. The van der Waals surface area contributed by atoms with Crippen LogP contribution in [0.25, 0.3) is 0 Å². The van der Waals surface area contributed by atoms with E-state index in [9.17, 15) is 13.2 Å². The van der Waals surface area contributed by atoms with Gasteiger partial charge in [-0.2, -0.15) is 0 Å². The van der Waals surface area contributed by atoms with Gasteiger partial charge in [0.05, 0.1) is 23.4 Å². The van der Waals surface area contributed by atoms with Crippen molar-refractivity contribution in [3.05, 3.63) is 83.9 Å². The Morgan fingerprint density at radius 3 is 2.30 bits per heavy atom. The molecule has 3 aromatic rings. The Morgan fingerprint density at radius 2 is 1.63 bits per heavy atom. The van der Waals surface area contributed by atoms with Gasteiger partial charge in [-0.15, -0.1) is 11.8 Å². The third-order valence-corrected chi connectivity index (χ3v) is 6.86. The molecule has 0 unspecified atom stereocenters. The maximum absolute atomic E-state index is 12.6. The van der Waals surface area contributed by atoms with Crippen LogP contribution in [0.1, 0.15) is 11.1 Å². The summed E-state index contributed by atoms with van der Waals surface area (Å²) in [5.74, 6) is 0.899. The van der Waals surface area contributed by atoms with E-state index in [-0.39, 0.29) is 17.1 Å². The van der Waals surface area contributed by atoms with Gasteiger partial charge < -0.3 is 4.74 Å². The predicted molar refractivity (Wildman–Crippen MR) is 121 cm³/mol. The summed E-state index contributed by atoms with van der Waals surface area (Å²) < 4.78 is 33.0. The van der Waals surface area contributed by atoms with Crippen LogP contribution in [0.4, 0.5) is 5.69 Å². The van der Waals surface area contributed by atoms with Crippen molar-refractivity contribution in [2.75, 3.05) is 17.6 Å². The Bertz CT molecular complexity index is 1110. The van der Waals surface area contributed by atoms with Gasteiger partial charge in [0.1, 0.15) is 11.5 Å². The summed E-state index contributed by atoms with van der Waals surface area (Å²) in [7, 11) is -2.28. The lowest BCUT2D eigenvalue weighted by molar-refractivity contribution is -0.116. The molecule has 0 atom stereocenters. The number of sulfonamides is 1. The third-order valence-electron chi connectivity index (χ3n) is 4.41. The number of benzene rings is 3. The molecule has 0 fully saturated rings. The van der Waals surface area contributed by atoms with Crippen molar-refractivity contribution >= 4 is 33.3 Å². The zero-order valence-corrected chi connectivity index (χ0v) is 18.4. The summed E-state index contributed by atoms with van der Waals surface area (Å²) in [6.07, 6.45) is 0.263. The molecule has 3 aromatic carbocycles. The maximum Gasteiger partial charge on any atom is 0.262 e. The summed E-state index contributed by atoms with van der Waals surface area (Å²) in [6, 6.07) is 21.2. The van der Waals surface area contributed by atoms with E-state index in [1.165, 1.54) is 36.6 Å². The highest BCUT2D eigenvalue weighted by molar-refractivity contribution is 8.00. The quantitative estimate of drug-likeness (QED) is 0.487. The molecule has 0 aromatic heterocycles. The number of anilines is 1. The molecule has 0 aliphatic carbocycles. The van der Waals surface area contributed by atoms with Crippen LogP contribution in [0.15, 0.2) is 82.6 Å². The van der Waals surface area contributed by atoms with Crippen molar-refractivity contribution in [1.29, 1.82) is 0 Å². The molecule has 0 aliphatic rings. The fourth-order valence-corrected chi connectivity index (χ4v) is 4.62. The molecule has 0 aliphatic heterocycles. The number of thioether (sulfide) groups is 1. The highest BCUT2D eigenvalue weighted by Gasteiger charge is 2.16. The van der Waals surface area contributed by atoms with Crippen molar-refractivity contribution in [3.8, 4) is 5.75 Å². The van der Waals surface area contributed by atoms with Crippen LogP contribution in [-0.2, 0) is 21.2 Å². The van der Waals surface area contributed by atoms with E-state index >= 15 is 0 Å². The number of hydrogen-bond donors (Lipinski definition) is 1. The number of hydrogen-bond acceptors (Lipinski definition) is 5. The molecule has 1 N–H and O–H groups in total. The zero-order chi connectivity index (χ0) is 21.6. The van der Waals surface area contributed by atoms with E-state index in [1.807, 2.05) is 31.2 Å². The Labute approximate surface area is 181 Å². The standard InChI is InChI=1S/C23H23NO4S2/c1-17-7-11-20(12-8-17)29-16-19(25)15-18-9-13-21(14-10-18)30(26,27)24-22-5-3-4-6-23(22)28-2/h3-14,24H,15-16H2,1-2H3. The second-order valence-corrected chi connectivity index (χ2v) is 9.50. The first-order chi connectivity index (χ1) is 14.4. The minimum Gasteiger partial charge on any atom is -0.495 e. The van der Waals surface area contributed by atoms with Gasteiger partial charge in [-0.3, -0.25) is 9.52 Å². The zero-order valence-electron chi connectivity index (χ0n) is 16.8. The molecular formula is C23H23NO4S2. The molecule has 0 radical (unpaired) electrons. The normalized spacial score (nSPS) is 11.1. The summed E-state index contributed by atoms with van der Waals surface area (Å²) >= 11 is 1.50. The molecule has 0 bridgehead atoms. The van der Waals surface area contributed by atoms with E-state index in [1.54, 1.807) is 36.4 Å². The first-order valence-electron chi connectivity index (χ1n) is 9.33. The van der Waals surface area contributed by atoms with Gasteiger partial charge in [0.15, 0.2) is 0 Å². The van der Waals surface area contributed by atoms with Gasteiger partial charge in [-0.25, -0.2) is 8.42 Å². The van der Waals surface area contributed by atoms with Gasteiger partial charge in [0.25, 0.3) is 10.0 Å². The lowest BCUT2D eigenvalue weighted by atomic mass is 10.1. The number of Topliss-reactive ketones (excluding diaryl/α,β-unsaturated/α-hetero) is 1. The van der Waals surface area contributed by atoms with Gasteiger partial charge in [0.2, 0.25) is 0 Å². The van der Waals surface area contributed by atoms with Crippen LogP contribution in [-0.4, -0.2) is 27.1 Å². The van der Waals surface area contributed by atoms with Crippen LogP contribution in [0.5, 0.6) is 5.75 Å². The number of rotatable bonds is 9. The number of carbonyl (C=O) groups is 1. The molecule has 156 valence electrons. The van der Waals surface area contributed by atoms with Gasteiger partial charge in [-0.05, 0) is 48.9 Å². The largest absolute Gasteiger partial charge is 0.495 e. The molecule has 0 amide bonds. The predicted octanol–water partition coefficient (Wildman–Crippen LogP) is 4.71. The Hall–Kier alpha value is -2.77. The number of methoxy groups -OCH3 is 1. The van der Waals surface area contributed by atoms with Crippen LogP contribution in [0.2, 0.25) is 0 Å². The van der Waals surface area contributed by atoms with Crippen LogP contribution in [0, 0.1) is 6.92 Å². The molecule has 5 nitrogen and oxygen atoms in total. The van der Waals surface area contributed by atoms with Gasteiger partial charge in [0, 0.05) is 11.3 Å². The first-order valence-corrected chi connectivity index (χ1v) is 11.8. The summed E-state index contributed by atoms with van der Waals surface area (Å²) in [6.45, 7) is 2.02. The summed E-state index contributed by atoms with van der Waals surface area (Å²) in [4.78, 5) is 13.5. The SMILES string of the molecule is COc1ccccc1NS(=O)(=O)c1ccc(CC(=O)CSc2ccc(C)cc2)cc1. The second kappa shape index (κ2) is 9.82. The molecule has 7 heteroatoms. The van der Waals surface area contributed by atoms with Crippen molar-refractivity contribution in [3.63, 3.8) is 0 Å². The molecule has 30 heavy (non-hydrogen) atoms. The van der Waals surface area contributed by atoms with Crippen molar-refractivity contribution < 1.29 is 17.9 Å². The number of carbonyl (C=O) groups excluding carboxylic acids is 1. The molecular weight excluding hydrogens is 418 g/mol. The highest BCUT2D eigenvalue weighted by Crippen LogP contribution is 2.26. The number of ketones is 1. The van der Waals surface area contributed by atoms with Crippen LogP contribution in [0.3, 0.4) is 0 Å². The Morgan fingerprint density at radius 1 is 0.967 bits per heavy atom. The van der Waals surface area contributed by atoms with E-state index < -0.39 is 10.0 Å². The van der Waals surface area contributed by atoms with E-state index in [4.69, 9.17) is 4.74 Å². The van der Waals surface area contributed by atoms with Crippen LogP contribution < -0.4 is 9.46 Å². The summed E-state index contributed by atoms with van der Waals surface area (Å²) in [5.41, 5.74) is 2.33. The topological polar surface area (TPSA) is 72.5 Å². The molecule has 0 saturated carbocycles. The number of para-hydroxylation sites is 2. The smallest absolute Gasteiger partial charge is 0.262 e. The lowest BCUT2D eigenvalue weighted by Gasteiger charge is -2.12. The average molecular weight is 442 g/mol. The monoisotopic (exact) mass is 441 g/mol. The first kappa shape index (κ1) is 21.9. The van der Waals surface area contributed by atoms with Crippen molar-refractivity contribution in [2.24, 2.45) is 0 Å². The Balaban J connectivity index is 1.61. The minimum atomic E-state index is -3.76.